The molecule has 0 aliphatic carbocycles. The highest BCUT2D eigenvalue weighted by atomic mass is 16.5. The fourth-order valence-corrected chi connectivity index (χ4v) is 2.84. The number of benzene rings is 1. The van der Waals surface area contributed by atoms with Crippen molar-refractivity contribution in [2.24, 2.45) is 0 Å². The molecule has 0 aromatic heterocycles. The minimum Gasteiger partial charge on any atom is -0.388 e. The summed E-state index contributed by atoms with van der Waals surface area (Å²) < 4.78 is 5.31. The summed E-state index contributed by atoms with van der Waals surface area (Å²) in [6.07, 6.45) is 1.53. The summed E-state index contributed by atoms with van der Waals surface area (Å²) >= 11 is 0. The van der Waals surface area contributed by atoms with E-state index in [0.29, 0.717) is 13.2 Å². The SMILES string of the molecule is OC1(CN2Cc3ccccc3C2)CCOCC1. The van der Waals surface area contributed by atoms with Crippen LogP contribution >= 0.6 is 0 Å². The Labute approximate surface area is 102 Å². The molecule has 1 aromatic carbocycles. The van der Waals surface area contributed by atoms with Crippen molar-refractivity contribution >= 4 is 0 Å². The van der Waals surface area contributed by atoms with Gasteiger partial charge in [-0.15, -0.1) is 0 Å². The van der Waals surface area contributed by atoms with Crippen molar-refractivity contribution in [2.45, 2.75) is 31.5 Å². The third kappa shape index (κ3) is 2.37. The summed E-state index contributed by atoms with van der Waals surface area (Å²) in [7, 11) is 0. The van der Waals surface area contributed by atoms with E-state index in [9.17, 15) is 5.11 Å². The van der Waals surface area contributed by atoms with E-state index in [4.69, 9.17) is 4.74 Å². The average Bonchev–Trinajstić information content (AvgIpc) is 2.71. The first-order valence-corrected chi connectivity index (χ1v) is 6.34. The Hall–Kier alpha value is -0.900. The van der Waals surface area contributed by atoms with Gasteiger partial charge < -0.3 is 9.84 Å². The van der Waals surface area contributed by atoms with Crippen LogP contribution in [-0.2, 0) is 17.8 Å². The Morgan fingerprint density at radius 2 is 1.71 bits per heavy atom. The van der Waals surface area contributed by atoms with Crippen LogP contribution in [0, 0.1) is 0 Å². The first kappa shape index (κ1) is 11.2. The van der Waals surface area contributed by atoms with E-state index < -0.39 is 5.60 Å². The number of ether oxygens (including phenoxy) is 1. The Balaban J connectivity index is 1.65. The summed E-state index contributed by atoms with van der Waals surface area (Å²) in [5.41, 5.74) is 2.27. The van der Waals surface area contributed by atoms with Gasteiger partial charge in [0.15, 0.2) is 0 Å². The van der Waals surface area contributed by atoms with E-state index in [1.807, 2.05) is 0 Å². The van der Waals surface area contributed by atoms with Crippen LogP contribution in [0.2, 0.25) is 0 Å². The lowest BCUT2D eigenvalue weighted by molar-refractivity contribution is -0.0806. The molecule has 0 unspecified atom stereocenters. The van der Waals surface area contributed by atoms with Gasteiger partial charge in [-0.25, -0.2) is 0 Å². The molecule has 0 amide bonds. The topological polar surface area (TPSA) is 32.7 Å². The molecule has 2 aliphatic rings. The summed E-state index contributed by atoms with van der Waals surface area (Å²) in [6, 6.07) is 8.55. The van der Waals surface area contributed by atoms with Crippen LogP contribution < -0.4 is 0 Å². The van der Waals surface area contributed by atoms with Gasteiger partial charge in [-0.1, -0.05) is 24.3 Å². The van der Waals surface area contributed by atoms with Crippen LogP contribution in [0.1, 0.15) is 24.0 Å². The molecule has 3 heteroatoms. The van der Waals surface area contributed by atoms with E-state index in [1.165, 1.54) is 11.1 Å². The number of fused-ring (bicyclic) bond motifs is 1. The molecule has 0 spiro atoms. The Kier molecular flexibility index (Phi) is 2.90. The number of hydrogen-bond donors (Lipinski definition) is 1. The van der Waals surface area contributed by atoms with Crippen molar-refractivity contribution < 1.29 is 9.84 Å². The molecule has 0 radical (unpaired) electrons. The Morgan fingerprint density at radius 3 is 2.29 bits per heavy atom. The van der Waals surface area contributed by atoms with E-state index in [1.54, 1.807) is 0 Å². The second-order valence-corrected chi connectivity index (χ2v) is 5.25. The lowest BCUT2D eigenvalue weighted by atomic mass is 9.94. The highest BCUT2D eigenvalue weighted by Gasteiger charge is 2.33. The van der Waals surface area contributed by atoms with E-state index in [2.05, 4.69) is 29.2 Å². The number of aliphatic hydroxyl groups is 1. The number of β-amino-alcohol motifs (C(OH)–C–C–N with tert-alkyl or cyclic N) is 1. The van der Waals surface area contributed by atoms with Crippen molar-refractivity contribution in [3.63, 3.8) is 0 Å². The third-order valence-electron chi connectivity index (χ3n) is 3.85. The highest BCUT2D eigenvalue weighted by Crippen LogP contribution is 2.27. The number of nitrogens with zero attached hydrogens (tertiary/aromatic N) is 1. The van der Waals surface area contributed by atoms with Gasteiger partial charge in [0.25, 0.3) is 0 Å². The predicted octanol–water partition coefficient (Wildman–Crippen LogP) is 1.54. The molecule has 2 heterocycles. The van der Waals surface area contributed by atoms with Gasteiger partial charge in [-0.2, -0.15) is 0 Å². The summed E-state index contributed by atoms with van der Waals surface area (Å²) in [6.45, 7) is 4.10. The van der Waals surface area contributed by atoms with Gasteiger partial charge in [0.1, 0.15) is 0 Å². The lowest BCUT2D eigenvalue weighted by Crippen LogP contribution is -2.45. The van der Waals surface area contributed by atoms with Crippen molar-refractivity contribution in [2.75, 3.05) is 19.8 Å². The fourth-order valence-electron chi connectivity index (χ4n) is 2.84. The Bertz CT molecular complexity index is 374. The minimum absolute atomic E-state index is 0.541. The fraction of sp³-hybridized carbons (Fsp3) is 0.571. The standard InChI is InChI=1S/C14H19NO2/c16-14(5-7-17-8-6-14)11-15-9-12-3-1-2-4-13(12)10-15/h1-4,16H,5-11H2. The summed E-state index contributed by atoms with van der Waals surface area (Å²) in [5, 5.41) is 10.5. The van der Waals surface area contributed by atoms with Gasteiger partial charge in [0, 0.05) is 45.7 Å². The molecule has 0 saturated carbocycles. The zero-order valence-corrected chi connectivity index (χ0v) is 10.1. The summed E-state index contributed by atoms with van der Waals surface area (Å²) in [4.78, 5) is 2.34. The largest absolute Gasteiger partial charge is 0.388 e. The summed E-state index contributed by atoms with van der Waals surface area (Å²) in [5.74, 6) is 0. The Morgan fingerprint density at radius 1 is 1.12 bits per heavy atom. The molecule has 17 heavy (non-hydrogen) atoms. The maximum atomic E-state index is 10.5. The zero-order valence-electron chi connectivity index (χ0n) is 10.1. The molecule has 1 fully saturated rings. The van der Waals surface area contributed by atoms with Crippen LogP contribution in [0.4, 0.5) is 0 Å². The smallest absolute Gasteiger partial charge is 0.0818 e. The van der Waals surface area contributed by atoms with Crippen LogP contribution in [0.3, 0.4) is 0 Å². The van der Waals surface area contributed by atoms with Crippen LogP contribution in [0.25, 0.3) is 0 Å². The van der Waals surface area contributed by atoms with E-state index >= 15 is 0 Å². The molecule has 3 nitrogen and oxygen atoms in total. The van der Waals surface area contributed by atoms with Crippen molar-refractivity contribution in [1.29, 1.82) is 0 Å². The maximum Gasteiger partial charge on any atom is 0.0818 e. The molecule has 0 atom stereocenters. The van der Waals surface area contributed by atoms with Gasteiger partial charge in [0.05, 0.1) is 5.60 Å². The van der Waals surface area contributed by atoms with Crippen LogP contribution in [0.15, 0.2) is 24.3 Å². The van der Waals surface area contributed by atoms with Gasteiger partial charge in [0.2, 0.25) is 0 Å². The lowest BCUT2D eigenvalue weighted by Gasteiger charge is -2.35. The maximum absolute atomic E-state index is 10.5. The first-order valence-electron chi connectivity index (χ1n) is 6.34. The van der Waals surface area contributed by atoms with Crippen molar-refractivity contribution in [3.8, 4) is 0 Å². The molecule has 1 aromatic rings. The molecule has 2 aliphatic heterocycles. The molecular formula is C14H19NO2. The molecule has 3 rings (SSSR count). The molecule has 92 valence electrons. The predicted molar refractivity (Wildman–Crippen MR) is 65.6 cm³/mol. The van der Waals surface area contributed by atoms with Gasteiger partial charge in [-0.3, -0.25) is 4.90 Å². The number of hydrogen-bond acceptors (Lipinski definition) is 3. The van der Waals surface area contributed by atoms with E-state index in [-0.39, 0.29) is 0 Å². The van der Waals surface area contributed by atoms with E-state index in [0.717, 1.165) is 32.5 Å². The third-order valence-corrected chi connectivity index (χ3v) is 3.85. The molecule has 0 bridgehead atoms. The van der Waals surface area contributed by atoms with Gasteiger partial charge in [-0.05, 0) is 11.1 Å². The molecule has 1 saturated heterocycles. The highest BCUT2D eigenvalue weighted by molar-refractivity contribution is 5.30. The monoisotopic (exact) mass is 233 g/mol. The zero-order chi connectivity index (χ0) is 11.7. The molecule has 1 N–H and O–H groups in total. The van der Waals surface area contributed by atoms with Gasteiger partial charge >= 0.3 is 0 Å². The number of rotatable bonds is 2. The second kappa shape index (κ2) is 4.41. The van der Waals surface area contributed by atoms with Crippen LogP contribution in [-0.4, -0.2) is 35.4 Å². The van der Waals surface area contributed by atoms with Crippen LogP contribution in [0.5, 0.6) is 0 Å². The average molecular weight is 233 g/mol. The first-order chi connectivity index (χ1) is 8.25. The minimum atomic E-state index is -0.541. The molecular weight excluding hydrogens is 214 g/mol. The van der Waals surface area contributed by atoms with Crippen molar-refractivity contribution in [3.05, 3.63) is 35.4 Å². The van der Waals surface area contributed by atoms with Crippen molar-refractivity contribution in [1.82, 2.24) is 4.90 Å². The quantitative estimate of drug-likeness (QED) is 0.841. The second-order valence-electron chi connectivity index (χ2n) is 5.25. The normalized spacial score (nSPS) is 23.6.